The lowest BCUT2D eigenvalue weighted by molar-refractivity contribution is -0.134. The number of amides is 1. The molecule has 0 radical (unpaired) electrons. The summed E-state index contributed by atoms with van der Waals surface area (Å²) in [6.07, 6.45) is 3.36. The number of likely N-dealkylation sites (tertiary alicyclic amines) is 1. The van der Waals surface area contributed by atoms with E-state index in [0.717, 1.165) is 25.9 Å². The van der Waals surface area contributed by atoms with Crippen LogP contribution < -0.4 is 4.74 Å². The largest absolute Gasteiger partial charge is 0.482 e. The van der Waals surface area contributed by atoms with Crippen LogP contribution >= 0.6 is 23.2 Å². The molecule has 18 heavy (non-hydrogen) atoms. The first kappa shape index (κ1) is 13.5. The first-order chi connectivity index (χ1) is 8.66. The lowest BCUT2D eigenvalue weighted by Gasteiger charge is -2.26. The van der Waals surface area contributed by atoms with Crippen molar-refractivity contribution in [3.8, 4) is 5.75 Å². The summed E-state index contributed by atoms with van der Waals surface area (Å²) in [7, 11) is 0. The monoisotopic (exact) mass is 287 g/mol. The summed E-state index contributed by atoms with van der Waals surface area (Å²) < 4.78 is 5.42. The summed E-state index contributed by atoms with van der Waals surface area (Å²) in [5.41, 5.74) is 0. The Balaban J connectivity index is 1.88. The van der Waals surface area contributed by atoms with Crippen LogP contribution in [0, 0.1) is 0 Å². The maximum Gasteiger partial charge on any atom is 0.260 e. The number of hydrogen-bond donors (Lipinski definition) is 0. The Morgan fingerprint density at radius 2 is 1.94 bits per heavy atom. The van der Waals surface area contributed by atoms with Gasteiger partial charge in [0.2, 0.25) is 0 Å². The zero-order chi connectivity index (χ0) is 13.0. The van der Waals surface area contributed by atoms with E-state index >= 15 is 0 Å². The number of ether oxygens (including phenoxy) is 1. The molecule has 0 unspecified atom stereocenters. The summed E-state index contributed by atoms with van der Waals surface area (Å²) in [5.74, 6) is 0.507. The maximum atomic E-state index is 11.9. The highest BCUT2D eigenvalue weighted by Gasteiger charge is 2.17. The molecule has 0 aliphatic carbocycles. The zero-order valence-electron chi connectivity index (χ0n) is 9.99. The van der Waals surface area contributed by atoms with Gasteiger partial charge in [0.15, 0.2) is 6.61 Å². The van der Waals surface area contributed by atoms with Gasteiger partial charge in [0.05, 0.1) is 5.02 Å². The topological polar surface area (TPSA) is 29.5 Å². The second kappa shape index (κ2) is 6.30. The van der Waals surface area contributed by atoms with Gasteiger partial charge in [-0.3, -0.25) is 4.79 Å². The van der Waals surface area contributed by atoms with E-state index in [4.69, 9.17) is 27.9 Å². The first-order valence-corrected chi connectivity index (χ1v) is 6.78. The second-order valence-corrected chi connectivity index (χ2v) is 5.15. The van der Waals surface area contributed by atoms with Gasteiger partial charge in [0, 0.05) is 18.1 Å². The predicted molar refractivity (Wildman–Crippen MR) is 72.4 cm³/mol. The summed E-state index contributed by atoms with van der Waals surface area (Å²) in [6.45, 7) is 1.69. The normalized spacial score (nSPS) is 15.6. The zero-order valence-corrected chi connectivity index (χ0v) is 11.5. The fourth-order valence-electron chi connectivity index (χ4n) is 1.97. The predicted octanol–water partition coefficient (Wildman–Crippen LogP) is 3.38. The standard InChI is InChI=1S/C13H15Cl2NO2/c14-10-4-5-12(11(15)8-10)18-9-13(17)16-6-2-1-3-7-16/h4-5,8H,1-3,6-7,9H2. The second-order valence-electron chi connectivity index (χ2n) is 4.30. The Bertz CT molecular complexity index is 431. The summed E-state index contributed by atoms with van der Waals surface area (Å²) in [5, 5.41) is 0.976. The van der Waals surface area contributed by atoms with Crippen LogP contribution in [0.2, 0.25) is 10.0 Å². The van der Waals surface area contributed by atoms with E-state index < -0.39 is 0 Å². The van der Waals surface area contributed by atoms with Gasteiger partial charge >= 0.3 is 0 Å². The molecular formula is C13H15Cl2NO2. The average molecular weight is 288 g/mol. The van der Waals surface area contributed by atoms with Crippen molar-refractivity contribution in [2.45, 2.75) is 19.3 Å². The van der Waals surface area contributed by atoms with Crippen LogP contribution in [0.25, 0.3) is 0 Å². The third-order valence-electron chi connectivity index (χ3n) is 2.95. The lowest BCUT2D eigenvalue weighted by atomic mass is 10.1. The van der Waals surface area contributed by atoms with Crippen molar-refractivity contribution in [1.29, 1.82) is 0 Å². The molecule has 0 saturated carbocycles. The molecule has 1 amide bonds. The van der Waals surface area contributed by atoms with E-state index in [1.165, 1.54) is 6.42 Å². The van der Waals surface area contributed by atoms with Crippen molar-refractivity contribution in [2.24, 2.45) is 0 Å². The summed E-state index contributed by atoms with van der Waals surface area (Å²) >= 11 is 11.8. The van der Waals surface area contributed by atoms with Gasteiger partial charge in [0.1, 0.15) is 5.75 Å². The molecule has 0 aromatic heterocycles. The molecule has 1 aromatic rings. The van der Waals surface area contributed by atoms with Crippen molar-refractivity contribution >= 4 is 29.1 Å². The fraction of sp³-hybridized carbons (Fsp3) is 0.462. The van der Waals surface area contributed by atoms with Crippen LogP contribution in [0.5, 0.6) is 5.75 Å². The molecule has 1 aromatic carbocycles. The number of nitrogens with zero attached hydrogens (tertiary/aromatic N) is 1. The van der Waals surface area contributed by atoms with Gasteiger partial charge in [-0.05, 0) is 37.5 Å². The molecule has 1 fully saturated rings. The van der Waals surface area contributed by atoms with Crippen LogP contribution in [0.4, 0.5) is 0 Å². The van der Waals surface area contributed by atoms with Crippen LogP contribution in [-0.2, 0) is 4.79 Å². The van der Waals surface area contributed by atoms with Crippen molar-refractivity contribution in [2.75, 3.05) is 19.7 Å². The highest BCUT2D eigenvalue weighted by molar-refractivity contribution is 6.35. The quantitative estimate of drug-likeness (QED) is 0.853. The molecule has 0 bridgehead atoms. The Morgan fingerprint density at radius 3 is 2.61 bits per heavy atom. The van der Waals surface area contributed by atoms with Crippen LogP contribution in [0.15, 0.2) is 18.2 Å². The smallest absolute Gasteiger partial charge is 0.260 e. The highest BCUT2D eigenvalue weighted by atomic mass is 35.5. The number of benzene rings is 1. The van der Waals surface area contributed by atoms with Crippen LogP contribution in [-0.4, -0.2) is 30.5 Å². The third kappa shape index (κ3) is 3.53. The Labute approximate surface area is 117 Å². The summed E-state index contributed by atoms with van der Waals surface area (Å²) in [4.78, 5) is 13.7. The number of piperidine rings is 1. The molecule has 2 rings (SSSR count). The van der Waals surface area contributed by atoms with Crippen LogP contribution in [0.3, 0.4) is 0 Å². The van der Waals surface area contributed by atoms with Gasteiger partial charge in [-0.1, -0.05) is 23.2 Å². The van der Waals surface area contributed by atoms with E-state index in [1.54, 1.807) is 18.2 Å². The molecular weight excluding hydrogens is 273 g/mol. The summed E-state index contributed by atoms with van der Waals surface area (Å²) in [6, 6.07) is 4.96. The van der Waals surface area contributed by atoms with E-state index in [1.807, 2.05) is 4.90 Å². The molecule has 5 heteroatoms. The maximum absolute atomic E-state index is 11.9. The minimum atomic E-state index is 0.0146. The average Bonchev–Trinajstić information content (AvgIpc) is 2.38. The molecule has 98 valence electrons. The third-order valence-corrected chi connectivity index (χ3v) is 3.48. The van der Waals surface area contributed by atoms with Gasteiger partial charge < -0.3 is 9.64 Å². The molecule has 1 aliphatic heterocycles. The van der Waals surface area contributed by atoms with Gasteiger partial charge in [-0.15, -0.1) is 0 Å². The van der Waals surface area contributed by atoms with Crippen molar-refractivity contribution in [3.05, 3.63) is 28.2 Å². The molecule has 0 spiro atoms. The Kier molecular flexibility index (Phi) is 4.72. The van der Waals surface area contributed by atoms with E-state index in [0.29, 0.717) is 15.8 Å². The van der Waals surface area contributed by atoms with E-state index in [-0.39, 0.29) is 12.5 Å². The highest BCUT2D eigenvalue weighted by Crippen LogP contribution is 2.27. The lowest BCUT2D eigenvalue weighted by Crippen LogP contribution is -2.38. The van der Waals surface area contributed by atoms with Crippen molar-refractivity contribution < 1.29 is 9.53 Å². The number of halogens is 2. The van der Waals surface area contributed by atoms with Gasteiger partial charge in [-0.2, -0.15) is 0 Å². The number of hydrogen-bond acceptors (Lipinski definition) is 2. The number of rotatable bonds is 3. The first-order valence-electron chi connectivity index (χ1n) is 6.02. The van der Waals surface area contributed by atoms with E-state index in [2.05, 4.69) is 0 Å². The number of carbonyl (C=O) groups is 1. The van der Waals surface area contributed by atoms with Crippen molar-refractivity contribution in [1.82, 2.24) is 4.90 Å². The molecule has 1 aliphatic rings. The SMILES string of the molecule is O=C(COc1ccc(Cl)cc1Cl)N1CCCCC1. The molecule has 0 atom stereocenters. The Hall–Kier alpha value is -0.930. The fourth-order valence-corrected chi connectivity index (χ4v) is 2.43. The minimum Gasteiger partial charge on any atom is -0.482 e. The number of carbonyl (C=O) groups excluding carboxylic acids is 1. The van der Waals surface area contributed by atoms with Crippen LogP contribution in [0.1, 0.15) is 19.3 Å². The minimum absolute atomic E-state index is 0.0146. The van der Waals surface area contributed by atoms with Crippen molar-refractivity contribution in [3.63, 3.8) is 0 Å². The van der Waals surface area contributed by atoms with Gasteiger partial charge in [-0.25, -0.2) is 0 Å². The molecule has 3 nitrogen and oxygen atoms in total. The van der Waals surface area contributed by atoms with E-state index in [9.17, 15) is 4.79 Å². The molecule has 1 heterocycles. The molecule has 0 N–H and O–H groups in total. The van der Waals surface area contributed by atoms with Gasteiger partial charge in [0.25, 0.3) is 5.91 Å². The Morgan fingerprint density at radius 1 is 1.22 bits per heavy atom. The molecule has 1 saturated heterocycles.